The Balaban J connectivity index is 2.15. The maximum atomic E-state index is 10.0. The number of fused-ring (bicyclic) bond motifs is 6. The highest BCUT2D eigenvalue weighted by Crippen LogP contribution is 2.43. The maximum absolute atomic E-state index is 10.0. The largest absolute Gasteiger partial charge is 0.496 e. The van der Waals surface area contributed by atoms with Gasteiger partial charge in [0.2, 0.25) is 0 Å². The van der Waals surface area contributed by atoms with Crippen molar-refractivity contribution in [2.24, 2.45) is 0 Å². The quantitative estimate of drug-likeness (QED) is 0.601. The van der Waals surface area contributed by atoms with Crippen molar-refractivity contribution in [1.82, 2.24) is 4.90 Å². The van der Waals surface area contributed by atoms with Crippen LogP contribution in [0.25, 0.3) is 21.5 Å². The first kappa shape index (κ1) is 20.9. The van der Waals surface area contributed by atoms with E-state index in [0.29, 0.717) is 5.75 Å². The first-order chi connectivity index (χ1) is 14.6. The molecule has 30 heavy (non-hydrogen) atoms. The highest BCUT2D eigenvalue weighted by atomic mass is 16.5. The molecule has 0 bridgehead atoms. The Morgan fingerprint density at radius 3 is 2.30 bits per heavy atom. The van der Waals surface area contributed by atoms with Crippen molar-refractivity contribution < 1.29 is 19.7 Å². The van der Waals surface area contributed by atoms with E-state index in [1.165, 1.54) is 21.9 Å². The van der Waals surface area contributed by atoms with Gasteiger partial charge < -0.3 is 19.7 Å². The lowest BCUT2D eigenvalue weighted by Gasteiger charge is -2.31. The SMILES string of the molecule is CCCN1CCc2c(c3cc(OC)c(CO)cc3c3c(C)c(CO)c(OC)cc23)C1. The van der Waals surface area contributed by atoms with Gasteiger partial charge in [0.05, 0.1) is 27.4 Å². The zero-order valence-electron chi connectivity index (χ0n) is 18.3. The van der Waals surface area contributed by atoms with Crippen LogP contribution in [0.2, 0.25) is 0 Å². The molecule has 0 atom stereocenters. The minimum absolute atomic E-state index is 0.0726. The van der Waals surface area contributed by atoms with E-state index in [2.05, 4.69) is 36.9 Å². The van der Waals surface area contributed by atoms with Crippen LogP contribution in [0.5, 0.6) is 11.5 Å². The minimum atomic E-state index is -0.0816. The molecule has 0 amide bonds. The van der Waals surface area contributed by atoms with Crippen LogP contribution in [-0.2, 0) is 26.2 Å². The molecule has 1 heterocycles. The first-order valence-corrected chi connectivity index (χ1v) is 10.7. The normalized spacial score (nSPS) is 14.3. The number of hydrogen-bond donors (Lipinski definition) is 2. The van der Waals surface area contributed by atoms with E-state index in [4.69, 9.17) is 9.47 Å². The molecule has 2 N–H and O–H groups in total. The van der Waals surface area contributed by atoms with Crippen LogP contribution in [0.3, 0.4) is 0 Å². The van der Waals surface area contributed by atoms with Gasteiger partial charge in [0.1, 0.15) is 11.5 Å². The van der Waals surface area contributed by atoms with Crippen molar-refractivity contribution >= 4 is 21.5 Å². The van der Waals surface area contributed by atoms with Crippen molar-refractivity contribution in [3.05, 3.63) is 46.0 Å². The van der Waals surface area contributed by atoms with E-state index in [1.807, 2.05) is 0 Å². The van der Waals surface area contributed by atoms with Gasteiger partial charge in [-0.2, -0.15) is 0 Å². The first-order valence-electron chi connectivity index (χ1n) is 10.7. The second-order valence-corrected chi connectivity index (χ2v) is 8.11. The molecule has 0 fully saturated rings. The number of aliphatic hydroxyl groups is 2. The Morgan fingerprint density at radius 1 is 0.933 bits per heavy atom. The Bertz CT molecular complexity index is 1110. The molecule has 3 aromatic carbocycles. The molecule has 5 heteroatoms. The van der Waals surface area contributed by atoms with E-state index in [-0.39, 0.29) is 13.2 Å². The molecule has 0 saturated heterocycles. The molecule has 0 saturated carbocycles. The van der Waals surface area contributed by atoms with Crippen molar-refractivity contribution in [2.75, 3.05) is 27.3 Å². The molecule has 160 valence electrons. The molecule has 0 unspecified atom stereocenters. The Morgan fingerprint density at radius 2 is 1.67 bits per heavy atom. The van der Waals surface area contributed by atoms with Gasteiger partial charge in [-0.15, -0.1) is 0 Å². The maximum Gasteiger partial charge on any atom is 0.125 e. The van der Waals surface area contributed by atoms with E-state index >= 15 is 0 Å². The van der Waals surface area contributed by atoms with E-state index in [0.717, 1.165) is 65.7 Å². The van der Waals surface area contributed by atoms with Gasteiger partial charge in [-0.25, -0.2) is 0 Å². The number of nitrogens with zero attached hydrogens (tertiary/aromatic N) is 1. The Kier molecular flexibility index (Phi) is 5.87. The standard InChI is InChI=1S/C25H31NO4/c1-5-7-26-8-6-17-20-11-24(30-4)22(14-28)15(2)25(20)19-9-16(13-27)23(29-3)10-18(19)21(17)12-26/h9-11,27-28H,5-8,12-14H2,1-4H3. The van der Waals surface area contributed by atoms with Crippen LogP contribution in [-0.4, -0.2) is 42.4 Å². The van der Waals surface area contributed by atoms with E-state index in [9.17, 15) is 10.2 Å². The molecule has 5 nitrogen and oxygen atoms in total. The highest BCUT2D eigenvalue weighted by Gasteiger charge is 2.25. The second kappa shape index (κ2) is 8.42. The zero-order chi connectivity index (χ0) is 21.4. The van der Waals surface area contributed by atoms with Crippen LogP contribution in [0.15, 0.2) is 18.2 Å². The Hall–Kier alpha value is -2.34. The highest BCUT2D eigenvalue weighted by molar-refractivity contribution is 6.13. The summed E-state index contributed by atoms with van der Waals surface area (Å²) in [4.78, 5) is 2.51. The van der Waals surface area contributed by atoms with E-state index in [1.54, 1.807) is 14.2 Å². The third-order valence-electron chi connectivity index (χ3n) is 6.52. The van der Waals surface area contributed by atoms with Crippen molar-refractivity contribution in [1.29, 1.82) is 0 Å². The average Bonchev–Trinajstić information content (AvgIpc) is 2.77. The summed E-state index contributed by atoms with van der Waals surface area (Å²) in [5, 5.41) is 24.6. The summed E-state index contributed by atoms with van der Waals surface area (Å²) in [6, 6.07) is 6.22. The molecule has 0 aromatic heterocycles. The number of aryl methyl sites for hydroxylation is 1. The molecule has 0 spiro atoms. The number of aliphatic hydroxyl groups excluding tert-OH is 2. The third kappa shape index (κ3) is 3.22. The fraction of sp³-hybridized carbons (Fsp3) is 0.440. The van der Waals surface area contributed by atoms with Gasteiger partial charge in [0.25, 0.3) is 0 Å². The lowest BCUT2D eigenvalue weighted by molar-refractivity contribution is 0.256. The minimum Gasteiger partial charge on any atom is -0.496 e. The monoisotopic (exact) mass is 409 g/mol. The summed E-state index contributed by atoms with van der Waals surface area (Å²) in [5.74, 6) is 1.45. The molecule has 1 aliphatic heterocycles. The van der Waals surface area contributed by atoms with Gasteiger partial charge in [-0.1, -0.05) is 6.92 Å². The van der Waals surface area contributed by atoms with Gasteiger partial charge in [-0.3, -0.25) is 4.90 Å². The molecule has 4 rings (SSSR count). The molecule has 3 aromatic rings. The number of benzene rings is 3. The summed E-state index contributed by atoms with van der Waals surface area (Å²) in [6.45, 7) is 7.14. The number of rotatable bonds is 6. The summed E-state index contributed by atoms with van der Waals surface area (Å²) in [5.41, 5.74) is 5.31. The van der Waals surface area contributed by atoms with E-state index < -0.39 is 0 Å². The van der Waals surface area contributed by atoms with Crippen LogP contribution >= 0.6 is 0 Å². The van der Waals surface area contributed by atoms with Crippen LogP contribution in [0, 0.1) is 6.92 Å². The molecular formula is C25H31NO4. The summed E-state index contributed by atoms with van der Waals surface area (Å²) in [7, 11) is 3.31. The number of ether oxygens (including phenoxy) is 2. The van der Waals surface area contributed by atoms with Gasteiger partial charge >= 0.3 is 0 Å². The number of hydrogen-bond acceptors (Lipinski definition) is 5. The summed E-state index contributed by atoms with van der Waals surface area (Å²) < 4.78 is 11.2. The molecular weight excluding hydrogens is 378 g/mol. The average molecular weight is 410 g/mol. The van der Waals surface area contributed by atoms with Crippen molar-refractivity contribution in [2.45, 2.75) is 46.4 Å². The Labute approximate surface area is 177 Å². The second-order valence-electron chi connectivity index (χ2n) is 8.11. The van der Waals surface area contributed by atoms with Crippen molar-refractivity contribution in [3.8, 4) is 11.5 Å². The van der Waals surface area contributed by atoms with Crippen LogP contribution < -0.4 is 9.47 Å². The van der Waals surface area contributed by atoms with Gasteiger partial charge in [-0.05, 0) is 82.7 Å². The predicted octanol–water partition coefficient (Wildman–Crippen LogP) is 4.07. The summed E-state index contributed by atoms with van der Waals surface area (Å²) in [6.07, 6.45) is 2.11. The molecule has 0 radical (unpaired) electrons. The lowest BCUT2D eigenvalue weighted by Crippen LogP contribution is -2.31. The van der Waals surface area contributed by atoms with Crippen molar-refractivity contribution in [3.63, 3.8) is 0 Å². The molecule has 0 aliphatic carbocycles. The zero-order valence-corrected chi connectivity index (χ0v) is 18.3. The topological polar surface area (TPSA) is 62.2 Å². The van der Waals surface area contributed by atoms with Gasteiger partial charge in [0, 0.05) is 24.2 Å². The van der Waals surface area contributed by atoms with Crippen LogP contribution in [0.1, 0.15) is 41.2 Å². The van der Waals surface area contributed by atoms with Crippen LogP contribution in [0.4, 0.5) is 0 Å². The summed E-state index contributed by atoms with van der Waals surface area (Å²) >= 11 is 0. The third-order valence-corrected chi connectivity index (χ3v) is 6.52. The predicted molar refractivity (Wildman–Crippen MR) is 120 cm³/mol. The fourth-order valence-electron chi connectivity index (χ4n) is 5.06. The molecule has 1 aliphatic rings. The van der Waals surface area contributed by atoms with Gasteiger partial charge in [0.15, 0.2) is 0 Å². The number of methoxy groups -OCH3 is 2. The lowest BCUT2D eigenvalue weighted by atomic mass is 9.84. The smallest absolute Gasteiger partial charge is 0.125 e. The fourth-order valence-corrected chi connectivity index (χ4v) is 5.06.